The molecular formula is C24H24N4O6S. The molecule has 182 valence electrons. The van der Waals surface area contributed by atoms with Gasteiger partial charge in [-0.05, 0) is 41.1 Å². The summed E-state index contributed by atoms with van der Waals surface area (Å²) in [4.78, 5) is 37.0. The summed E-state index contributed by atoms with van der Waals surface area (Å²) in [6.07, 6.45) is 0. The maximum atomic E-state index is 12.7. The van der Waals surface area contributed by atoms with Crippen LogP contribution in [0.5, 0.6) is 0 Å². The molecule has 3 N–H and O–H groups in total. The van der Waals surface area contributed by atoms with Gasteiger partial charge in [0.15, 0.2) is 0 Å². The highest BCUT2D eigenvalue weighted by molar-refractivity contribution is 7.89. The van der Waals surface area contributed by atoms with Gasteiger partial charge in [-0.1, -0.05) is 36.4 Å². The molecule has 1 fully saturated rings. The minimum atomic E-state index is -3.67. The third kappa shape index (κ3) is 5.65. The van der Waals surface area contributed by atoms with E-state index < -0.39 is 27.7 Å². The number of rotatable bonds is 6. The van der Waals surface area contributed by atoms with E-state index in [-0.39, 0.29) is 30.1 Å². The Bertz CT molecular complexity index is 1350. The Kier molecular flexibility index (Phi) is 7.39. The van der Waals surface area contributed by atoms with Crippen LogP contribution < -0.4 is 16.2 Å². The standard InChI is InChI=1S/C24H24N4O6S/c29-22(26-27-24(31)21-7-3-5-17-4-1-2-6-20(17)21)16-25-23(30)18-8-10-19(11-9-18)35(32,33)28-12-14-34-15-13-28/h1-11H,12-16H2,(H,25,30)(H,26,29)(H,27,31). The molecule has 4 rings (SSSR count). The molecule has 1 aliphatic heterocycles. The van der Waals surface area contributed by atoms with E-state index in [1.165, 1.54) is 28.6 Å². The molecule has 0 spiro atoms. The molecule has 0 aromatic heterocycles. The Labute approximate surface area is 202 Å². The minimum Gasteiger partial charge on any atom is -0.379 e. The van der Waals surface area contributed by atoms with Crippen LogP contribution in [-0.4, -0.2) is 63.3 Å². The second-order valence-corrected chi connectivity index (χ2v) is 9.69. The highest BCUT2D eigenvalue weighted by Crippen LogP contribution is 2.19. The molecule has 0 saturated carbocycles. The summed E-state index contributed by atoms with van der Waals surface area (Å²) >= 11 is 0. The predicted octanol–water partition coefficient (Wildman–Crippen LogP) is 1.05. The van der Waals surface area contributed by atoms with Crippen LogP contribution >= 0.6 is 0 Å². The van der Waals surface area contributed by atoms with Gasteiger partial charge in [-0.3, -0.25) is 25.2 Å². The molecule has 1 heterocycles. The molecule has 0 unspecified atom stereocenters. The highest BCUT2D eigenvalue weighted by atomic mass is 32.2. The lowest BCUT2D eigenvalue weighted by Gasteiger charge is -2.26. The van der Waals surface area contributed by atoms with Crippen molar-refractivity contribution in [2.75, 3.05) is 32.8 Å². The molecule has 3 amide bonds. The molecule has 10 nitrogen and oxygen atoms in total. The molecule has 0 bridgehead atoms. The number of fused-ring (bicyclic) bond motifs is 1. The largest absolute Gasteiger partial charge is 0.379 e. The SMILES string of the molecule is O=C(CNC(=O)c1ccc(S(=O)(=O)N2CCOCC2)cc1)NNC(=O)c1cccc2ccccc12. The van der Waals surface area contributed by atoms with Crippen LogP contribution in [0.15, 0.2) is 71.6 Å². The average Bonchev–Trinajstić information content (AvgIpc) is 2.90. The first-order chi connectivity index (χ1) is 16.9. The summed E-state index contributed by atoms with van der Waals surface area (Å²) in [6, 6.07) is 18.1. The van der Waals surface area contributed by atoms with Crippen LogP contribution in [0.1, 0.15) is 20.7 Å². The number of hydrazine groups is 1. The summed E-state index contributed by atoms with van der Waals surface area (Å²) in [5, 5.41) is 4.07. The summed E-state index contributed by atoms with van der Waals surface area (Å²) in [7, 11) is -3.67. The zero-order chi connectivity index (χ0) is 24.8. The van der Waals surface area contributed by atoms with Crippen molar-refractivity contribution in [2.24, 2.45) is 0 Å². The van der Waals surface area contributed by atoms with Gasteiger partial charge in [-0.15, -0.1) is 0 Å². The maximum absolute atomic E-state index is 12.7. The first-order valence-electron chi connectivity index (χ1n) is 10.9. The average molecular weight is 497 g/mol. The van der Waals surface area contributed by atoms with Crippen LogP contribution in [0, 0.1) is 0 Å². The Morgan fingerprint density at radius 1 is 0.829 bits per heavy atom. The second-order valence-electron chi connectivity index (χ2n) is 7.75. The Balaban J connectivity index is 1.29. The molecular weight excluding hydrogens is 472 g/mol. The summed E-state index contributed by atoms with van der Waals surface area (Å²) < 4.78 is 31.9. The van der Waals surface area contributed by atoms with Crippen molar-refractivity contribution in [1.29, 1.82) is 0 Å². The normalized spacial score (nSPS) is 14.3. The molecule has 3 aromatic rings. The molecule has 11 heteroatoms. The van der Waals surface area contributed by atoms with Crippen molar-refractivity contribution in [3.8, 4) is 0 Å². The second kappa shape index (κ2) is 10.6. The van der Waals surface area contributed by atoms with E-state index in [0.717, 1.165) is 10.8 Å². The lowest BCUT2D eigenvalue weighted by molar-refractivity contribution is -0.120. The van der Waals surface area contributed by atoms with Crippen molar-refractivity contribution in [2.45, 2.75) is 4.90 Å². The van der Waals surface area contributed by atoms with Gasteiger partial charge < -0.3 is 10.1 Å². The van der Waals surface area contributed by atoms with E-state index in [9.17, 15) is 22.8 Å². The van der Waals surface area contributed by atoms with E-state index in [0.29, 0.717) is 18.8 Å². The van der Waals surface area contributed by atoms with E-state index in [1.54, 1.807) is 12.1 Å². The van der Waals surface area contributed by atoms with Crippen molar-refractivity contribution in [1.82, 2.24) is 20.5 Å². The molecule has 3 aromatic carbocycles. The van der Waals surface area contributed by atoms with Gasteiger partial charge in [0.05, 0.1) is 24.7 Å². The number of benzene rings is 3. The number of sulfonamides is 1. The highest BCUT2D eigenvalue weighted by Gasteiger charge is 2.26. The number of amides is 3. The van der Waals surface area contributed by atoms with Crippen molar-refractivity contribution in [3.05, 3.63) is 77.9 Å². The van der Waals surface area contributed by atoms with Gasteiger partial charge >= 0.3 is 0 Å². The molecule has 0 aliphatic carbocycles. The molecule has 0 atom stereocenters. The number of carbonyl (C=O) groups is 3. The van der Waals surface area contributed by atoms with Gasteiger partial charge in [0.25, 0.3) is 17.7 Å². The van der Waals surface area contributed by atoms with Crippen LogP contribution in [0.25, 0.3) is 10.8 Å². The number of hydrogen-bond donors (Lipinski definition) is 3. The quantitative estimate of drug-likeness (QED) is 0.437. The number of hydrogen-bond acceptors (Lipinski definition) is 6. The number of nitrogens with one attached hydrogen (secondary N) is 3. The summed E-state index contributed by atoms with van der Waals surface area (Å²) in [5.74, 6) is -1.67. The third-order valence-electron chi connectivity index (χ3n) is 5.48. The fraction of sp³-hybridized carbons (Fsp3) is 0.208. The summed E-state index contributed by atoms with van der Waals surface area (Å²) in [5.41, 5.74) is 5.20. The first kappa shape index (κ1) is 24.3. The van der Waals surface area contributed by atoms with Crippen molar-refractivity contribution < 1.29 is 27.5 Å². The number of nitrogens with zero attached hydrogens (tertiary/aromatic N) is 1. The Morgan fingerprint density at radius 3 is 2.26 bits per heavy atom. The lowest BCUT2D eigenvalue weighted by atomic mass is 10.0. The van der Waals surface area contributed by atoms with Gasteiger partial charge in [0.2, 0.25) is 10.0 Å². The molecule has 0 radical (unpaired) electrons. The van der Waals surface area contributed by atoms with E-state index >= 15 is 0 Å². The topological polar surface area (TPSA) is 134 Å². The number of morpholine rings is 1. The number of carbonyl (C=O) groups excluding carboxylic acids is 3. The fourth-order valence-electron chi connectivity index (χ4n) is 3.64. The summed E-state index contributed by atoms with van der Waals surface area (Å²) in [6.45, 7) is 0.838. The van der Waals surface area contributed by atoms with E-state index in [2.05, 4.69) is 16.2 Å². The van der Waals surface area contributed by atoms with Gasteiger partial charge in [-0.25, -0.2) is 8.42 Å². The van der Waals surface area contributed by atoms with Crippen LogP contribution in [0.2, 0.25) is 0 Å². The van der Waals surface area contributed by atoms with Crippen LogP contribution in [0.4, 0.5) is 0 Å². The van der Waals surface area contributed by atoms with Crippen molar-refractivity contribution in [3.63, 3.8) is 0 Å². The third-order valence-corrected chi connectivity index (χ3v) is 7.40. The van der Waals surface area contributed by atoms with E-state index in [1.807, 2.05) is 30.3 Å². The van der Waals surface area contributed by atoms with Gasteiger partial charge in [0.1, 0.15) is 0 Å². The Morgan fingerprint density at radius 2 is 1.51 bits per heavy atom. The monoisotopic (exact) mass is 496 g/mol. The van der Waals surface area contributed by atoms with Crippen molar-refractivity contribution >= 4 is 38.5 Å². The lowest BCUT2D eigenvalue weighted by Crippen LogP contribution is -2.46. The smallest absolute Gasteiger partial charge is 0.270 e. The first-order valence-corrected chi connectivity index (χ1v) is 12.3. The van der Waals surface area contributed by atoms with Gasteiger partial charge in [0, 0.05) is 24.2 Å². The van der Waals surface area contributed by atoms with E-state index in [4.69, 9.17) is 4.74 Å². The molecule has 1 aliphatic rings. The fourth-order valence-corrected chi connectivity index (χ4v) is 5.05. The van der Waals surface area contributed by atoms with Crippen LogP contribution in [-0.2, 0) is 19.6 Å². The minimum absolute atomic E-state index is 0.0739. The molecule has 1 saturated heterocycles. The molecule has 35 heavy (non-hydrogen) atoms. The van der Waals surface area contributed by atoms with Gasteiger partial charge in [-0.2, -0.15) is 4.31 Å². The zero-order valence-electron chi connectivity index (χ0n) is 18.7. The predicted molar refractivity (Wildman–Crippen MR) is 128 cm³/mol. The zero-order valence-corrected chi connectivity index (χ0v) is 19.5. The Hall–Kier alpha value is -3.80. The maximum Gasteiger partial charge on any atom is 0.270 e. The number of ether oxygens (including phenoxy) is 1. The van der Waals surface area contributed by atoms with Crippen LogP contribution in [0.3, 0.4) is 0 Å².